The summed E-state index contributed by atoms with van der Waals surface area (Å²) in [5.41, 5.74) is 0.456. The summed E-state index contributed by atoms with van der Waals surface area (Å²) in [7, 11) is 4.53. The second kappa shape index (κ2) is 4.65. The van der Waals surface area contributed by atoms with Gasteiger partial charge in [0.15, 0.2) is 11.5 Å². The molecule has 5 nitrogen and oxygen atoms in total. The van der Waals surface area contributed by atoms with Crippen molar-refractivity contribution in [1.29, 1.82) is 0 Å². The zero-order valence-corrected chi connectivity index (χ0v) is 8.98. The zero-order chi connectivity index (χ0) is 11.4. The van der Waals surface area contributed by atoms with Crippen LogP contribution in [0.2, 0.25) is 0 Å². The highest BCUT2D eigenvalue weighted by molar-refractivity contribution is 5.94. The highest BCUT2D eigenvalue weighted by atomic mass is 16.5. The maximum absolute atomic E-state index is 11.5. The van der Waals surface area contributed by atoms with E-state index in [4.69, 9.17) is 15.3 Å². The molecule has 0 aliphatic carbocycles. The molecular formula is C10H14N2O3. The normalized spacial score (nSPS) is 9.60. The predicted octanol–water partition coefficient (Wildman–Crippen LogP) is 0.649. The van der Waals surface area contributed by atoms with Crippen molar-refractivity contribution in [3.05, 3.63) is 23.8 Å². The van der Waals surface area contributed by atoms with Crippen LogP contribution in [0, 0.1) is 0 Å². The molecule has 0 bridgehead atoms. The summed E-state index contributed by atoms with van der Waals surface area (Å²) in [5.74, 6) is 6.14. The molecular weight excluding hydrogens is 196 g/mol. The maximum Gasteiger partial charge on any atom is 0.267 e. The Balaban J connectivity index is 3.08. The number of nitrogens with two attached hydrogens (primary N) is 1. The van der Waals surface area contributed by atoms with Crippen LogP contribution in [0.4, 0.5) is 0 Å². The molecule has 1 amide bonds. The SMILES string of the molecule is COc1ccc(C(=O)N(C)N)cc1OC. The molecule has 0 aliphatic heterocycles. The molecule has 0 atom stereocenters. The van der Waals surface area contributed by atoms with E-state index in [2.05, 4.69) is 0 Å². The van der Waals surface area contributed by atoms with Gasteiger partial charge in [-0.25, -0.2) is 5.84 Å². The molecule has 82 valence electrons. The van der Waals surface area contributed by atoms with Gasteiger partial charge in [-0.05, 0) is 18.2 Å². The second-order valence-corrected chi connectivity index (χ2v) is 2.99. The Kier molecular flexibility index (Phi) is 3.51. The summed E-state index contributed by atoms with van der Waals surface area (Å²) in [5, 5.41) is 1.02. The molecule has 0 heterocycles. The van der Waals surface area contributed by atoms with Crippen molar-refractivity contribution >= 4 is 5.91 Å². The Morgan fingerprint density at radius 1 is 1.27 bits per heavy atom. The number of carbonyl (C=O) groups is 1. The minimum atomic E-state index is -0.282. The quantitative estimate of drug-likeness (QED) is 0.452. The van der Waals surface area contributed by atoms with Crippen molar-refractivity contribution < 1.29 is 14.3 Å². The average Bonchev–Trinajstić information content (AvgIpc) is 2.26. The van der Waals surface area contributed by atoms with E-state index in [9.17, 15) is 4.79 Å². The van der Waals surface area contributed by atoms with E-state index in [1.807, 2.05) is 0 Å². The second-order valence-electron chi connectivity index (χ2n) is 2.99. The van der Waals surface area contributed by atoms with Crippen LogP contribution >= 0.6 is 0 Å². The highest BCUT2D eigenvalue weighted by Gasteiger charge is 2.12. The molecule has 0 saturated carbocycles. The molecule has 0 saturated heterocycles. The molecule has 5 heteroatoms. The standard InChI is InChI=1S/C10H14N2O3/c1-12(11)10(13)7-4-5-8(14-2)9(6-7)15-3/h4-6H,11H2,1-3H3. The topological polar surface area (TPSA) is 64.8 Å². The summed E-state index contributed by atoms with van der Waals surface area (Å²) in [6.45, 7) is 0. The molecule has 15 heavy (non-hydrogen) atoms. The van der Waals surface area contributed by atoms with E-state index >= 15 is 0 Å². The van der Waals surface area contributed by atoms with Crippen LogP contribution in [0.1, 0.15) is 10.4 Å². The molecule has 1 aromatic rings. The monoisotopic (exact) mass is 210 g/mol. The van der Waals surface area contributed by atoms with Gasteiger partial charge in [-0.2, -0.15) is 0 Å². The van der Waals surface area contributed by atoms with E-state index in [-0.39, 0.29) is 5.91 Å². The number of nitrogens with zero attached hydrogens (tertiary/aromatic N) is 1. The number of hydrogen-bond donors (Lipinski definition) is 1. The van der Waals surface area contributed by atoms with Crippen LogP contribution in [0.5, 0.6) is 11.5 Å². The minimum Gasteiger partial charge on any atom is -0.493 e. The molecule has 0 aromatic heterocycles. The van der Waals surface area contributed by atoms with Gasteiger partial charge in [0, 0.05) is 12.6 Å². The van der Waals surface area contributed by atoms with Crippen LogP contribution in [0.25, 0.3) is 0 Å². The van der Waals surface area contributed by atoms with Crippen LogP contribution < -0.4 is 15.3 Å². The van der Waals surface area contributed by atoms with Crippen molar-refractivity contribution in [2.75, 3.05) is 21.3 Å². The average molecular weight is 210 g/mol. The molecule has 0 aliphatic rings. The number of ether oxygens (including phenoxy) is 2. The van der Waals surface area contributed by atoms with E-state index in [1.165, 1.54) is 21.3 Å². The van der Waals surface area contributed by atoms with Crippen LogP contribution in [-0.2, 0) is 0 Å². The predicted molar refractivity (Wildman–Crippen MR) is 55.8 cm³/mol. The fraction of sp³-hybridized carbons (Fsp3) is 0.300. The van der Waals surface area contributed by atoms with E-state index in [0.29, 0.717) is 17.1 Å². The van der Waals surface area contributed by atoms with Gasteiger partial charge < -0.3 is 9.47 Å². The summed E-state index contributed by atoms with van der Waals surface area (Å²) in [4.78, 5) is 11.5. The minimum absolute atomic E-state index is 0.282. The summed E-state index contributed by atoms with van der Waals surface area (Å²) in [6, 6.07) is 4.88. The van der Waals surface area contributed by atoms with Crippen LogP contribution in [0.15, 0.2) is 18.2 Å². The van der Waals surface area contributed by atoms with E-state index < -0.39 is 0 Å². The maximum atomic E-state index is 11.5. The Hall–Kier alpha value is -1.75. The van der Waals surface area contributed by atoms with Gasteiger partial charge in [0.05, 0.1) is 14.2 Å². The fourth-order valence-corrected chi connectivity index (χ4v) is 1.17. The Morgan fingerprint density at radius 3 is 2.33 bits per heavy atom. The van der Waals surface area contributed by atoms with Gasteiger partial charge in [0.1, 0.15) is 0 Å². The van der Waals surface area contributed by atoms with Crippen molar-refractivity contribution in [1.82, 2.24) is 5.01 Å². The largest absolute Gasteiger partial charge is 0.493 e. The van der Waals surface area contributed by atoms with E-state index in [0.717, 1.165) is 5.01 Å². The number of hydrazine groups is 1. The lowest BCUT2D eigenvalue weighted by Gasteiger charge is -2.12. The van der Waals surface area contributed by atoms with Crippen molar-refractivity contribution in [2.24, 2.45) is 5.84 Å². The molecule has 1 rings (SSSR count). The first-order chi connectivity index (χ1) is 7.10. The molecule has 0 fully saturated rings. The smallest absolute Gasteiger partial charge is 0.267 e. The van der Waals surface area contributed by atoms with Gasteiger partial charge in [-0.3, -0.25) is 9.80 Å². The molecule has 0 unspecified atom stereocenters. The first-order valence-corrected chi connectivity index (χ1v) is 4.35. The Morgan fingerprint density at radius 2 is 1.87 bits per heavy atom. The number of benzene rings is 1. The third-order valence-corrected chi connectivity index (χ3v) is 1.95. The van der Waals surface area contributed by atoms with Gasteiger partial charge in [-0.15, -0.1) is 0 Å². The first-order valence-electron chi connectivity index (χ1n) is 4.35. The Bertz CT molecular complexity index is 364. The third-order valence-electron chi connectivity index (χ3n) is 1.95. The molecule has 2 N–H and O–H groups in total. The van der Waals surface area contributed by atoms with Crippen LogP contribution in [-0.4, -0.2) is 32.2 Å². The first kappa shape index (κ1) is 11.3. The zero-order valence-electron chi connectivity index (χ0n) is 8.98. The fourth-order valence-electron chi connectivity index (χ4n) is 1.17. The lowest BCUT2D eigenvalue weighted by atomic mass is 10.2. The molecule has 0 radical (unpaired) electrons. The van der Waals surface area contributed by atoms with Crippen molar-refractivity contribution in [3.63, 3.8) is 0 Å². The van der Waals surface area contributed by atoms with Gasteiger partial charge in [0.2, 0.25) is 0 Å². The number of hydrogen-bond acceptors (Lipinski definition) is 4. The number of carbonyl (C=O) groups excluding carboxylic acids is 1. The summed E-state index contributed by atoms with van der Waals surface area (Å²) in [6.07, 6.45) is 0. The lowest BCUT2D eigenvalue weighted by molar-refractivity contribution is 0.0794. The van der Waals surface area contributed by atoms with Gasteiger partial charge in [-0.1, -0.05) is 0 Å². The van der Waals surface area contributed by atoms with Crippen LogP contribution in [0.3, 0.4) is 0 Å². The number of rotatable bonds is 3. The number of amides is 1. The van der Waals surface area contributed by atoms with Gasteiger partial charge >= 0.3 is 0 Å². The van der Waals surface area contributed by atoms with E-state index in [1.54, 1.807) is 18.2 Å². The third kappa shape index (κ3) is 2.38. The van der Waals surface area contributed by atoms with Crippen molar-refractivity contribution in [2.45, 2.75) is 0 Å². The Labute approximate surface area is 88.3 Å². The highest BCUT2D eigenvalue weighted by Crippen LogP contribution is 2.27. The molecule has 0 spiro atoms. The van der Waals surface area contributed by atoms with Crippen molar-refractivity contribution in [3.8, 4) is 11.5 Å². The molecule has 1 aromatic carbocycles. The lowest BCUT2D eigenvalue weighted by Crippen LogP contribution is -2.33. The summed E-state index contributed by atoms with van der Waals surface area (Å²) < 4.78 is 10.1. The summed E-state index contributed by atoms with van der Waals surface area (Å²) >= 11 is 0. The number of methoxy groups -OCH3 is 2. The van der Waals surface area contributed by atoms with Gasteiger partial charge in [0.25, 0.3) is 5.91 Å².